The van der Waals surface area contributed by atoms with Crippen molar-refractivity contribution in [1.82, 2.24) is 9.88 Å². The number of carbonyl (C=O) groups excluding carboxylic acids is 1. The van der Waals surface area contributed by atoms with Crippen LogP contribution in [0.5, 0.6) is 11.5 Å². The van der Waals surface area contributed by atoms with Gasteiger partial charge in [0, 0.05) is 18.5 Å². The van der Waals surface area contributed by atoms with E-state index in [1.807, 2.05) is 44.2 Å². The maximum atomic E-state index is 13.0. The highest BCUT2D eigenvalue weighted by atomic mass is 16.5. The van der Waals surface area contributed by atoms with Crippen LogP contribution in [0.15, 0.2) is 53.3 Å². The number of carbonyl (C=O) groups is 1. The van der Waals surface area contributed by atoms with Crippen LogP contribution in [0.3, 0.4) is 0 Å². The molecule has 0 atom stereocenters. The lowest BCUT2D eigenvalue weighted by molar-refractivity contribution is 0.0746. The molecule has 0 saturated carbocycles. The standard InChI is InChI=1S/C22H24N2O4/c1-4-24(14-15-10-11-19(28-5-2)20(12-15)27-3)22(26)18-13-16-8-6-7-9-17(16)21(25)23-18/h6-13H,4-5,14H2,1-3H3,(H,23,25). The van der Waals surface area contributed by atoms with E-state index in [0.29, 0.717) is 36.6 Å². The lowest BCUT2D eigenvalue weighted by atomic mass is 10.1. The third-order valence-electron chi connectivity index (χ3n) is 4.55. The largest absolute Gasteiger partial charge is 0.493 e. The molecule has 1 heterocycles. The average Bonchev–Trinajstić information content (AvgIpc) is 2.72. The molecule has 1 amide bonds. The third-order valence-corrected chi connectivity index (χ3v) is 4.55. The van der Waals surface area contributed by atoms with E-state index < -0.39 is 0 Å². The topological polar surface area (TPSA) is 71.6 Å². The summed E-state index contributed by atoms with van der Waals surface area (Å²) in [6, 6.07) is 14.6. The molecule has 0 fully saturated rings. The summed E-state index contributed by atoms with van der Waals surface area (Å²) in [7, 11) is 1.59. The fourth-order valence-corrected chi connectivity index (χ4v) is 3.13. The highest BCUT2D eigenvalue weighted by molar-refractivity contribution is 5.96. The summed E-state index contributed by atoms with van der Waals surface area (Å²) >= 11 is 0. The van der Waals surface area contributed by atoms with Crippen LogP contribution in [0, 0.1) is 0 Å². The van der Waals surface area contributed by atoms with E-state index >= 15 is 0 Å². The highest BCUT2D eigenvalue weighted by Crippen LogP contribution is 2.28. The summed E-state index contributed by atoms with van der Waals surface area (Å²) in [5.41, 5.74) is 0.933. The molecule has 28 heavy (non-hydrogen) atoms. The zero-order valence-corrected chi connectivity index (χ0v) is 16.3. The van der Waals surface area contributed by atoms with Gasteiger partial charge in [0.25, 0.3) is 11.5 Å². The third kappa shape index (κ3) is 4.01. The van der Waals surface area contributed by atoms with Crippen LogP contribution in [-0.2, 0) is 6.54 Å². The molecule has 0 spiro atoms. The van der Waals surface area contributed by atoms with Crippen molar-refractivity contribution in [2.75, 3.05) is 20.3 Å². The van der Waals surface area contributed by atoms with Gasteiger partial charge in [-0.05, 0) is 49.1 Å². The Morgan fingerprint density at radius 3 is 2.57 bits per heavy atom. The smallest absolute Gasteiger partial charge is 0.270 e. The predicted octanol–water partition coefficient (Wildman–Crippen LogP) is 3.60. The van der Waals surface area contributed by atoms with E-state index in [2.05, 4.69) is 4.98 Å². The van der Waals surface area contributed by atoms with Gasteiger partial charge in [0.15, 0.2) is 11.5 Å². The van der Waals surface area contributed by atoms with Gasteiger partial charge in [-0.15, -0.1) is 0 Å². The molecule has 6 heteroatoms. The van der Waals surface area contributed by atoms with Gasteiger partial charge < -0.3 is 19.4 Å². The van der Waals surface area contributed by atoms with E-state index in [0.717, 1.165) is 10.9 Å². The molecule has 0 radical (unpaired) electrons. The molecule has 0 aliphatic carbocycles. The number of hydrogen-bond donors (Lipinski definition) is 1. The van der Waals surface area contributed by atoms with Crippen molar-refractivity contribution in [3.05, 3.63) is 70.1 Å². The first-order valence-corrected chi connectivity index (χ1v) is 9.28. The molecule has 0 bridgehead atoms. The summed E-state index contributed by atoms with van der Waals surface area (Å²) in [6.45, 7) is 5.26. The van der Waals surface area contributed by atoms with Crippen LogP contribution >= 0.6 is 0 Å². The summed E-state index contributed by atoms with van der Waals surface area (Å²) in [4.78, 5) is 29.7. The first-order valence-electron chi connectivity index (χ1n) is 9.28. The second-order valence-corrected chi connectivity index (χ2v) is 6.34. The molecular weight excluding hydrogens is 356 g/mol. The van der Waals surface area contributed by atoms with Crippen LogP contribution in [0.25, 0.3) is 10.8 Å². The van der Waals surface area contributed by atoms with Gasteiger partial charge in [0.1, 0.15) is 5.69 Å². The van der Waals surface area contributed by atoms with Crippen LogP contribution in [0.4, 0.5) is 0 Å². The minimum atomic E-state index is -0.264. The molecule has 6 nitrogen and oxygen atoms in total. The summed E-state index contributed by atoms with van der Waals surface area (Å²) < 4.78 is 10.9. The fraction of sp³-hybridized carbons (Fsp3) is 0.273. The SMILES string of the molecule is CCOc1ccc(CN(CC)C(=O)c2cc3ccccc3c(=O)[nH]2)cc1OC. The number of pyridine rings is 1. The number of hydrogen-bond acceptors (Lipinski definition) is 4. The quantitative estimate of drug-likeness (QED) is 0.680. The normalized spacial score (nSPS) is 10.7. The van der Waals surface area contributed by atoms with E-state index in [4.69, 9.17) is 9.47 Å². The molecule has 1 N–H and O–H groups in total. The molecule has 3 rings (SSSR count). The Kier molecular flexibility index (Phi) is 5.99. The Hall–Kier alpha value is -3.28. The van der Waals surface area contributed by atoms with Crippen molar-refractivity contribution in [2.45, 2.75) is 20.4 Å². The number of benzene rings is 2. The van der Waals surface area contributed by atoms with E-state index in [9.17, 15) is 9.59 Å². The molecule has 3 aromatic rings. The van der Waals surface area contributed by atoms with Crippen LogP contribution in [-0.4, -0.2) is 36.1 Å². The maximum absolute atomic E-state index is 13.0. The van der Waals surface area contributed by atoms with Gasteiger partial charge >= 0.3 is 0 Å². The zero-order chi connectivity index (χ0) is 20.1. The van der Waals surface area contributed by atoms with Gasteiger partial charge in [0.2, 0.25) is 0 Å². The molecule has 0 aliphatic heterocycles. The first kappa shape index (κ1) is 19.5. The Bertz CT molecular complexity index is 1040. The van der Waals surface area contributed by atoms with Gasteiger partial charge in [-0.1, -0.05) is 24.3 Å². The Labute approximate surface area is 163 Å². The average molecular weight is 380 g/mol. The van der Waals surface area contributed by atoms with Crippen LogP contribution in [0.2, 0.25) is 0 Å². The Balaban J connectivity index is 1.87. The van der Waals surface area contributed by atoms with Crippen molar-refractivity contribution < 1.29 is 14.3 Å². The predicted molar refractivity (Wildman–Crippen MR) is 109 cm³/mol. The number of aromatic nitrogens is 1. The lowest BCUT2D eigenvalue weighted by Gasteiger charge is -2.21. The van der Waals surface area contributed by atoms with Crippen LogP contribution < -0.4 is 15.0 Å². The number of amides is 1. The number of aromatic amines is 1. The van der Waals surface area contributed by atoms with Crippen molar-refractivity contribution in [1.29, 1.82) is 0 Å². The number of H-pyrrole nitrogens is 1. The second-order valence-electron chi connectivity index (χ2n) is 6.34. The Morgan fingerprint density at radius 2 is 1.86 bits per heavy atom. The first-order chi connectivity index (χ1) is 13.6. The van der Waals surface area contributed by atoms with Gasteiger partial charge in [-0.3, -0.25) is 9.59 Å². The molecule has 0 saturated heterocycles. The zero-order valence-electron chi connectivity index (χ0n) is 16.3. The van der Waals surface area contributed by atoms with E-state index in [1.54, 1.807) is 30.2 Å². The summed E-state index contributed by atoms with van der Waals surface area (Å²) in [5.74, 6) is 1.07. The minimum absolute atomic E-state index is 0.224. The maximum Gasteiger partial charge on any atom is 0.270 e. The molecule has 0 aliphatic rings. The number of fused-ring (bicyclic) bond motifs is 1. The van der Waals surface area contributed by atoms with E-state index in [-0.39, 0.29) is 17.2 Å². The summed E-state index contributed by atoms with van der Waals surface area (Å²) in [6.07, 6.45) is 0. The number of nitrogens with one attached hydrogen (secondary N) is 1. The van der Waals surface area contributed by atoms with Crippen LogP contribution in [0.1, 0.15) is 29.9 Å². The van der Waals surface area contributed by atoms with Crippen molar-refractivity contribution >= 4 is 16.7 Å². The van der Waals surface area contributed by atoms with E-state index in [1.165, 1.54) is 0 Å². The minimum Gasteiger partial charge on any atom is -0.493 e. The van der Waals surface area contributed by atoms with Gasteiger partial charge in [0.05, 0.1) is 13.7 Å². The summed E-state index contributed by atoms with van der Waals surface area (Å²) in [5, 5.41) is 1.31. The highest BCUT2D eigenvalue weighted by Gasteiger charge is 2.17. The van der Waals surface area contributed by atoms with Gasteiger partial charge in [-0.2, -0.15) is 0 Å². The molecule has 1 aromatic heterocycles. The number of nitrogens with zero attached hydrogens (tertiary/aromatic N) is 1. The molecular formula is C22H24N2O4. The number of rotatable bonds is 7. The number of ether oxygens (including phenoxy) is 2. The van der Waals surface area contributed by atoms with Gasteiger partial charge in [-0.25, -0.2) is 0 Å². The second kappa shape index (κ2) is 8.61. The van der Waals surface area contributed by atoms with Crippen molar-refractivity contribution in [2.24, 2.45) is 0 Å². The molecule has 146 valence electrons. The monoisotopic (exact) mass is 380 g/mol. The fourth-order valence-electron chi connectivity index (χ4n) is 3.13. The lowest BCUT2D eigenvalue weighted by Crippen LogP contribution is -2.32. The molecule has 0 unspecified atom stereocenters. The number of methoxy groups -OCH3 is 1. The van der Waals surface area contributed by atoms with Crippen molar-refractivity contribution in [3.8, 4) is 11.5 Å². The Morgan fingerprint density at radius 1 is 1.07 bits per heavy atom. The molecule has 2 aromatic carbocycles. The van der Waals surface area contributed by atoms with Crippen molar-refractivity contribution in [3.63, 3.8) is 0 Å².